The van der Waals surface area contributed by atoms with Gasteiger partial charge in [-0.3, -0.25) is 14.5 Å². The maximum Gasteiger partial charge on any atom is 0.295 e. The van der Waals surface area contributed by atoms with E-state index in [0.29, 0.717) is 24.2 Å². The lowest BCUT2D eigenvalue weighted by atomic mass is 9.77. The van der Waals surface area contributed by atoms with Gasteiger partial charge in [0.05, 0.1) is 17.5 Å². The van der Waals surface area contributed by atoms with Crippen molar-refractivity contribution in [3.8, 4) is 0 Å². The fourth-order valence-corrected chi connectivity index (χ4v) is 4.93. The number of carbonyl (C=O) groups excluding carboxylic acids is 2. The van der Waals surface area contributed by atoms with Crippen molar-refractivity contribution >= 4 is 29.1 Å². The van der Waals surface area contributed by atoms with E-state index in [-0.39, 0.29) is 34.8 Å². The molecule has 3 aliphatic rings. The van der Waals surface area contributed by atoms with E-state index in [9.17, 15) is 9.59 Å². The molecule has 4 atom stereocenters. The van der Waals surface area contributed by atoms with E-state index in [4.69, 9.17) is 16.3 Å². The zero-order chi connectivity index (χ0) is 20.1. The maximum absolute atomic E-state index is 13.6. The lowest BCUT2D eigenvalue weighted by Crippen LogP contribution is -2.41. The minimum atomic E-state index is -0.544. The van der Waals surface area contributed by atoms with Gasteiger partial charge in [0, 0.05) is 11.6 Å². The number of amides is 1. The number of alkyl halides is 1. The summed E-state index contributed by atoms with van der Waals surface area (Å²) < 4.78 is 6.15. The van der Waals surface area contributed by atoms with Crippen molar-refractivity contribution in [2.45, 2.75) is 43.7 Å². The van der Waals surface area contributed by atoms with Crippen LogP contribution in [-0.4, -0.2) is 28.2 Å². The molecule has 0 spiro atoms. The van der Waals surface area contributed by atoms with Crippen molar-refractivity contribution in [3.63, 3.8) is 0 Å². The summed E-state index contributed by atoms with van der Waals surface area (Å²) in [7, 11) is 0. The number of carbonyl (C=O) groups is 2. The highest BCUT2D eigenvalue weighted by Crippen LogP contribution is 2.48. The number of hydrogen-bond donors (Lipinski definition) is 0. The summed E-state index contributed by atoms with van der Waals surface area (Å²) in [4.78, 5) is 32.9. The average molecular weight is 409 g/mol. The van der Waals surface area contributed by atoms with Crippen LogP contribution in [0.25, 0.3) is 0 Å². The summed E-state index contributed by atoms with van der Waals surface area (Å²) >= 11 is 6.36. The Labute approximate surface area is 174 Å². The quantitative estimate of drug-likeness (QED) is 0.702. The molecule has 5 nitrogen and oxygen atoms in total. The SMILES string of the molecule is Cc1ccc(C2C3=C(OC4CCC(Cl)CC4C3=O)C(=O)N2c2ccccn2)cc1. The Balaban J connectivity index is 1.64. The molecule has 1 aromatic heterocycles. The molecule has 1 amide bonds. The summed E-state index contributed by atoms with van der Waals surface area (Å²) in [6, 6.07) is 12.8. The van der Waals surface area contributed by atoms with E-state index in [0.717, 1.165) is 17.5 Å². The van der Waals surface area contributed by atoms with Crippen LogP contribution in [0.3, 0.4) is 0 Å². The predicted octanol–water partition coefficient (Wildman–Crippen LogP) is 4.11. The maximum atomic E-state index is 13.6. The summed E-state index contributed by atoms with van der Waals surface area (Å²) in [5, 5.41) is -0.0345. The first-order valence-electron chi connectivity index (χ1n) is 9.95. The molecule has 6 heteroatoms. The average Bonchev–Trinajstić information content (AvgIpc) is 3.03. The van der Waals surface area contributed by atoms with Gasteiger partial charge in [0.25, 0.3) is 5.91 Å². The van der Waals surface area contributed by atoms with Crippen molar-refractivity contribution in [2.24, 2.45) is 5.92 Å². The highest BCUT2D eigenvalue weighted by Gasteiger charge is 2.53. The Kier molecular flexibility index (Phi) is 4.43. The number of ether oxygens (including phenoxy) is 1. The molecule has 1 saturated carbocycles. The molecule has 148 valence electrons. The van der Waals surface area contributed by atoms with E-state index in [1.807, 2.05) is 37.3 Å². The molecule has 3 heterocycles. The Morgan fingerprint density at radius 3 is 2.62 bits per heavy atom. The number of benzene rings is 1. The molecule has 5 rings (SSSR count). The van der Waals surface area contributed by atoms with E-state index in [1.165, 1.54) is 0 Å². The van der Waals surface area contributed by atoms with Gasteiger partial charge in [-0.25, -0.2) is 4.98 Å². The van der Waals surface area contributed by atoms with Gasteiger partial charge in [0.1, 0.15) is 11.9 Å². The number of nitrogens with zero attached hydrogens (tertiary/aromatic N) is 2. The first-order chi connectivity index (χ1) is 14.0. The monoisotopic (exact) mass is 408 g/mol. The van der Waals surface area contributed by atoms with Crippen molar-refractivity contribution < 1.29 is 14.3 Å². The summed E-state index contributed by atoms with van der Waals surface area (Å²) in [5.41, 5.74) is 2.42. The number of anilines is 1. The number of aromatic nitrogens is 1. The van der Waals surface area contributed by atoms with Crippen LogP contribution in [0.2, 0.25) is 0 Å². The molecule has 2 aliphatic heterocycles. The molecule has 0 saturated heterocycles. The van der Waals surface area contributed by atoms with Gasteiger partial charge in [0.15, 0.2) is 11.5 Å². The number of pyridine rings is 1. The number of hydrogen-bond acceptors (Lipinski definition) is 4. The lowest BCUT2D eigenvalue weighted by molar-refractivity contribution is -0.131. The lowest BCUT2D eigenvalue weighted by Gasteiger charge is -2.37. The molecule has 1 aromatic carbocycles. The molecule has 4 unspecified atom stereocenters. The molecule has 1 aliphatic carbocycles. The molecule has 29 heavy (non-hydrogen) atoms. The van der Waals surface area contributed by atoms with E-state index < -0.39 is 6.04 Å². The van der Waals surface area contributed by atoms with Crippen LogP contribution < -0.4 is 4.90 Å². The highest BCUT2D eigenvalue weighted by molar-refractivity contribution is 6.21. The predicted molar refractivity (Wildman–Crippen MR) is 110 cm³/mol. The molecular formula is C23H21ClN2O3. The molecule has 1 fully saturated rings. The third-order valence-corrected chi connectivity index (χ3v) is 6.47. The number of rotatable bonds is 2. The Bertz CT molecular complexity index is 1000. The smallest absolute Gasteiger partial charge is 0.295 e. The topological polar surface area (TPSA) is 59.5 Å². The van der Waals surface area contributed by atoms with Crippen LogP contribution in [0, 0.1) is 12.8 Å². The largest absolute Gasteiger partial charge is 0.483 e. The minimum Gasteiger partial charge on any atom is -0.483 e. The van der Waals surface area contributed by atoms with E-state index in [2.05, 4.69) is 4.98 Å². The van der Waals surface area contributed by atoms with Crippen LogP contribution >= 0.6 is 11.6 Å². The fraction of sp³-hybridized carbons (Fsp3) is 0.348. The van der Waals surface area contributed by atoms with E-state index >= 15 is 0 Å². The fourth-order valence-electron chi connectivity index (χ4n) is 4.61. The third kappa shape index (κ3) is 2.96. The van der Waals surface area contributed by atoms with Crippen LogP contribution in [0.15, 0.2) is 60.0 Å². The van der Waals surface area contributed by atoms with Crippen LogP contribution in [0.5, 0.6) is 0 Å². The van der Waals surface area contributed by atoms with Gasteiger partial charge in [0.2, 0.25) is 0 Å². The Morgan fingerprint density at radius 2 is 1.90 bits per heavy atom. The molecular weight excluding hydrogens is 388 g/mol. The second-order valence-corrected chi connectivity index (χ2v) is 8.57. The number of halogens is 1. The first kappa shape index (κ1) is 18.4. The number of fused-ring (bicyclic) bond motifs is 1. The van der Waals surface area contributed by atoms with Crippen molar-refractivity contribution in [1.29, 1.82) is 0 Å². The zero-order valence-corrected chi connectivity index (χ0v) is 16.8. The normalized spacial score (nSPS) is 28.8. The molecule has 0 bridgehead atoms. The summed E-state index contributed by atoms with van der Waals surface area (Å²) in [6.45, 7) is 2.01. The van der Waals surface area contributed by atoms with Gasteiger partial charge >= 0.3 is 0 Å². The minimum absolute atomic E-state index is 0.0149. The van der Waals surface area contributed by atoms with Crippen LogP contribution in [0.4, 0.5) is 5.82 Å². The molecule has 0 radical (unpaired) electrons. The zero-order valence-electron chi connectivity index (χ0n) is 16.0. The van der Waals surface area contributed by atoms with Crippen LogP contribution in [-0.2, 0) is 14.3 Å². The van der Waals surface area contributed by atoms with Crippen molar-refractivity contribution in [3.05, 3.63) is 71.1 Å². The van der Waals surface area contributed by atoms with Crippen molar-refractivity contribution in [1.82, 2.24) is 4.98 Å². The van der Waals surface area contributed by atoms with Crippen molar-refractivity contribution in [2.75, 3.05) is 4.90 Å². The third-order valence-electron chi connectivity index (χ3n) is 6.07. The molecule has 2 aromatic rings. The standard InChI is InChI=1S/C23H21ClN2O3/c1-13-5-7-14(8-6-13)20-19-21(27)16-12-15(24)9-10-17(16)29-22(19)23(28)26(20)18-4-2-3-11-25-18/h2-8,11,15-17,20H,9-10,12H2,1H3. The highest BCUT2D eigenvalue weighted by atomic mass is 35.5. The second kappa shape index (κ2) is 6.99. The summed E-state index contributed by atoms with van der Waals surface area (Å²) in [6.07, 6.45) is 3.43. The van der Waals surface area contributed by atoms with Gasteiger partial charge in [-0.15, -0.1) is 11.6 Å². The number of aryl methyl sites for hydroxylation is 1. The number of Topliss-reactive ketones (excluding diaryl/α,β-unsaturated/α-hetero) is 1. The summed E-state index contributed by atoms with van der Waals surface area (Å²) in [5.74, 6) is 0.0741. The first-order valence-corrected chi connectivity index (χ1v) is 10.4. The number of ketones is 1. The van der Waals surface area contributed by atoms with E-state index in [1.54, 1.807) is 23.2 Å². The Morgan fingerprint density at radius 1 is 1.10 bits per heavy atom. The Hall–Kier alpha value is -2.66. The van der Waals surface area contributed by atoms with Gasteiger partial charge in [-0.05, 0) is 43.9 Å². The second-order valence-electron chi connectivity index (χ2n) is 7.96. The van der Waals surface area contributed by atoms with Gasteiger partial charge in [-0.2, -0.15) is 0 Å². The van der Waals surface area contributed by atoms with Crippen LogP contribution in [0.1, 0.15) is 36.4 Å². The van der Waals surface area contributed by atoms with Gasteiger partial charge in [-0.1, -0.05) is 35.9 Å². The van der Waals surface area contributed by atoms with Gasteiger partial charge < -0.3 is 4.74 Å². The molecule has 0 N–H and O–H groups in total.